The van der Waals surface area contributed by atoms with Crippen LogP contribution >= 0.6 is 11.6 Å². The number of ether oxygens (including phenoxy) is 3. The molecule has 1 aliphatic rings. The van der Waals surface area contributed by atoms with Gasteiger partial charge < -0.3 is 30.2 Å². The second-order valence-electron chi connectivity index (χ2n) is 9.70. The monoisotopic (exact) mass is 544 g/mol. The maximum absolute atomic E-state index is 13.8. The summed E-state index contributed by atoms with van der Waals surface area (Å²) in [5.41, 5.74) is 6.34. The molecule has 1 aliphatic heterocycles. The number of methoxy groups -OCH3 is 1. The van der Waals surface area contributed by atoms with Crippen molar-refractivity contribution in [3.05, 3.63) is 70.1 Å². The highest BCUT2D eigenvalue weighted by Gasteiger charge is 2.38. The molecule has 2 atom stereocenters. The van der Waals surface area contributed by atoms with E-state index in [0.29, 0.717) is 45.3 Å². The summed E-state index contributed by atoms with van der Waals surface area (Å²) in [5, 5.41) is 20.3. The predicted molar refractivity (Wildman–Crippen MR) is 140 cm³/mol. The molecule has 4 N–H and O–H groups in total. The number of benzene rings is 2. The Morgan fingerprint density at radius 1 is 1.26 bits per heavy atom. The Morgan fingerprint density at radius 3 is 2.71 bits per heavy atom. The van der Waals surface area contributed by atoms with Crippen molar-refractivity contribution in [2.75, 3.05) is 26.9 Å². The van der Waals surface area contributed by atoms with Gasteiger partial charge in [-0.3, -0.25) is 4.79 Å². The van der Waals surface area contributed by atoms with Gasteiger partial charge in [-0.05, 0) is 62.7 Å². The van der Waals surface area contributed by atoms with Crippen LogP contribution in [0.15, 0.2) is 42.5 Å². The van der Waals surface area contributed by atoms with Gasteiger partial charge in [0.25, 0.3) is 0 Å². The molecule has 0 bridgehead atoms. The Labute approximate surface area is 225 Å². The maximum Gasteiger partial charge on any atom is 0.163 e. The van der Waals surface area contributed by atoms with E-state index in [9.17, 15) is 14.3 Å². The van der Waals surface area contributed by atoms with Crippen molar-refractivity contribution in [2.24, 2.45) is 5.73 Å². The van der Waals surface area contributed by atoms with E-state index in [1.54, 1.807) is 31.2 Å². The lowest BCUT2D eigenvalue weighted by molar-refractivity contribution is 0.0396. The molecule has 0 amide bonds. The molecule has 0 spiro atoms. The van der Waals surface area contributed by atoms with Gasteiger partial charge in [0.15, 0.2) is 23.0 Å². The van der Waals surface area contributed by atoms with Crippen LogP contribution in [0.2, 0.25) is 5.02 Å². The van der Waals surface area contributed by atoms with Gasteiger partial charge in [0.1, 0.15) is 30.3 Å². The van der Waals surface area contributed by atoms with Crippen molar-refractivity contribution in [3.63, 3.8) is 0 Å². The van der Waals surface area contributed by atoms with E-state index in [1.165, 1.54) is 25.3 Å². The molecule has 0 saturated heterocycles. The van der Waals surface area contributed by atoms with Crippen LogP contribution in [0.25, 0.3) is 11.3 Å². The zero-order valence-corrected chi connectivity index (χ0v) is 22.1. The second-order valence-corrected chi connectivity index (χ2v) is 10.1. The summed E-state index contributed by atoms with van der Waals surface area (Å²) in [7, 11) is 1.46. The molecule has 8 nitrogen and oxygen atoms in total. The number of aliphatic hydroxyl groups excluding tert-OH is 1. The first-order chi connectivity index (χ1) is 18.0. The van der Waals surface area contributed by atoms with Crippen molar-refractivity contribution < 1.29 is 33.6 Å². The summed E-state index contributed by atoms with van der Waals surface area (Å²) in [5.74, 6) is 0.442. The first-order valence-corrected chi connectivity index (χ1v) is 12.4. The van der Waals surface area contributed by atoms with Crippen LogP contribution in [0.5, 0.6) is 17.2 Å². The molecule has 0 saturated carbocycles. The Bertz CT molecular complexity index is 1360. The van der Waals surface area contributed by atoms with Crippen LogP contribution in [0, 0.1) is 5.82 Å². The fraction of sp³-hybridized carbons (Fsp3) is 0.357. The molecule has 2 aromatic carbocycles. The lowest BCUT2D eigenvalue weighted by atomic mass is 9.88. The summed E-state index contributed by atoms with van der Waals surface area (Å²) in [6, 6.07) is 10.7. The van der Waals surface area contributed by atoms with Crippen LogP contribution in [-0.2, 0) is 11.1 Å². The normalized spacial score (nSPS) is 17.9. The Kier molecular flexibility index (Phi) is 7.94. The molecule has 0 fully saturated rings. The SMILES string of the molecule is COc1cc(C(=O)CCC(C)(O)c2cc3c(c(-c4ccc(F)c(Cl)c4)n2)OCC3(C)N)ccc1OCCO. The number of aliphatic hydroxyl groups is 2. The molecular weight excluding hydrogens is 515 g/mol. The molecule has 10 heteroatoms. The van der Waals surface area contributed by atoms with E-state index in [-0.39, 0.29) is 43.5 Å². The lowest BCUT2D eigenvalue weighted by Crippen LogP contribution is -2.35. The van der Waals surface area contributed by atoms with E-state index in [1.807, 2.05) is 6.92 Å². The number of carbonyl (C=O) groups is 1. The summed E-state index contributed by atoms with van der Waals surface area (Å²) in [6.45, 7) is 3.53. The Morgan fingerprint density at radius 2 is 2.03 bits per heavy atom. The summed E-state index contributed by atoms with van der Waals surface area (Å²) >= 11 is 6.02. The molecule has 0 aliphatic carbocycles. The molecule has 2 unspecified atom stereocenters. The topological polar surface area (TPSA) is 124 Å². The fourth-order valence-corrected chi connectivity index (χ4v) is 4.44. The second kappa shape index (κ2) is 10.9. The van der Waals surface area contributed by atoms with Crippen LogP contribution in [0.3, 0.4) is 0 Å². The third kappa shape index (κ3) is 5.61. The largest absolute Gasteiger partial charge is 0.493 e. The number of hydrogen-bond donors (Lipinski definition) is 3. The van der Waals surface area contributed by atoms with Crippen molar-refractivity contribution in [1.29, 1.82) is 0 Å². The van der Waals surface area contributed by atoms with E-state index in [0.717, 1.165) is 0 Å². The zero-order chi connectivity index (χ0) is 27.7. The van der Waals surface area contributed by atoms with E-state index in [2.05, 4.69) is 4.98 Å². The van der Waals surface area contributed by atoms with Crippen molar-refractivity contribution >= 4 is 17.4 Å². The standard InChI is InChI=1S/C28H30ClFN2O6/c1-27(31)15-38-26-18(27)14-24(32-25(26)17-4-6-20(30)19(29)12-17)28(2,35)9-8-21(34)16-5-7-22(37-11-10-33)23(13-16)36-3/h4-7,12-14,33,35H,8-11,15,31H2,1-3H3. The van der Waals surface area contributed by atoms with Crippen LogP contribution < -0.4 is 19.9 Å². The molecule has 0 radical (unpaired) electrons. The molecule has 1 aromatic heterocycles. The molecule has 38 heavy (non-hydrogen) atoms. The minimum absolute atomic E-state index is 0.0138. The summed E-state index contributed by atoms with van der Waals surface area (Å²) < 4.78 is 30.4. The van der Waals surface area contributed by atoms with Crippen molar-refractivity contribution in [1.82, 2.24) is 4.98 Å². The Hall–Kier alpha value is -3.24. The summed E-state index contributed by atoms with van der Waals surface area (Å²) in [4.78, 5) is 17.7. The van der Waals surface area contributed by atoms with E-state index >= 15 is 0 Å². The highest BCUT2D eigenvalue weighted by molar-refractivity contribution is 6.31. The van der Waals surface area contributed by atoms with Gasteiger partial charge in [-0.15, -0.1) is 0 Å². The van der Waals surface area contributed by atoms with Gasteiger partial charge in [-0.2, -0.15) is 0 Å². The average Bonchev–Trinajstić information content (AvgIpc) is 3.21. The number of carbonyl (C=O) groups excluding carboxylic acids is 1. The van der Waals surface area contributed by atoms with Crippen molar-refractivity contribution in [2.45, 2.75) is 37.8 Å². The zero-order valence-electron chi connectivity index (χ0n) is 21.4. The third-order valence-electron chi connectivity index (χ3n) is 6.52. The van der Waals surface area contributed by atoms with Gasteiger partial charge in [0.2, 0.25) is 0 Å². The van der Waals surface area contributed by atoms with Crippen LogP contribution in [-0.4, -0.2) is 47.9 Å². The van der Waals surface area contributed by atoms with Gasteiger partial charge in [0, 0.05) is 23.1 Å². The number of halogens is 2. The first-order valence-electron chi connectivity index (χ1n) is 12.1. The minimum Gasteiger partial charge on any atom is -0.493 e. The van der Waals surface area contributed by atoms with Gasteiger partial charge >= 0.3 is 0 Å². The molecular formula is C28H30ClFN2O6. The van der Waals surface area contributed by atoms with Gasteiger partial charge in [0.05, 0.1) is 30.0 Å². The number of nitrogens with zero attached hydrogens (tertiary/aromatic N) is 1. The molecule has 4 rings (SSSR count). The average molecular weight is 545 g/mol. The molecule has 202 valence electrons. The van der Waals surface area contributed by atoms with Crippen molar-refractivity contribution in [3.8, 4) is 28.5 Å². The van der Waals surface area contributed by atoms with Crippen LogP contribution in [0.4, 0.5) is 4.39 Å². The Balaban J connectivity index is 1.62. The summed E-state index contributed by atoms with van der Waals surface area (Å²) in [6.07, 6.45) is 0.0777. The maximum atomic E-state index is 13.8. The van der Waals surface area contributed by atoms with Gasteiger partial charge in [-0.1, -0.05) is 11.6 Å². The lowest BCUT2D eigenvalue weighted by Gasteiger charge is -2.25. The number of nitrogens with two attached hydrogens (primary N) is 1. The minimum atomic E-state index is -1.50. The highest BCUT2D eigenvalue weighted by atomic mass is 35.5. The smallest absolute Gasteiger partial charge is 0.163 e. The first kappa shape index (κ1) is 27.8. The number of aromatic nitrogens is 1. The quantitative estimate of drug-likeness (QED) is 0.322. The number of ketones is 1. The van der Waals surface area contributed by atoms with E-state index < -0.39 is 17.0 Å². The van der Waals surface area contributed by atoms with Gasteiger partial charge in [-0.25, -0.2) is 9.37 Å². The van der Waals surface area contributed by atoms with E-state index in [4.69, 9.17) is 36.7 Å². The highest BCUT2D eigenvalue weighted by Crippen LogP contribution is 2.44. The molecule has 3 aromatic rings. The van der Waals surface area contributed by atoms with Crippen LogP contribution in [0.1, 0.15) is 48.3 Å². The third-order valence-corrected chi connectivity index (χ3v) is 6.81. The number of pyridine rings is 1. The number of hydrogen-bond acceptors (Lipinski definition) is 8. The number of Topliss-reactive ketones (excluding diaryl/α,β-unsaturated/α-hetero) is 1. The molecule has 2 heterocycles. The number of fused-ring (bicyclic) bond motifs is 1. The fourth-order valence-electron chi connectivity index (χ4n) is 4.26. The number of rotatable bonds is 10. The predicted octanol–water partition coefficient (Wildman–Crippen LogP) is 4.36.